The molecule has 0 unspecified atom stereocenters. The summed E-state index contributed by atoms with van der Waals surface area (Å²) in [7, 11) is 0.840. The highest BCUT2D eigenvalue weighted by Gasteiger charge is 2.15. The van der Waals surface area contributed by atoms with E-state index in [1.165, 1.54) is 4.90 Å². The number of aryl methyl sites for hydroxylation is 1. The molecule has 0 aliphatic rings. The molecule has 3 aromatic heterocycles. The maximum Gasteiger partial charge on any atom is 0.142 e. The lowest BCUT2D eigenvalue weighted by atomic mass is 10.1. The van der Waals surface area contributed by atoms with E-state index in [0.29, 0.717) is 6.73 Å². The molecule has 0 spiro atoms. The lowest BCUT2D eigenvalue weighted by molar-refractivity contribution is 0.0899. The highest BCUT2D eigenvalue weighted by molar-refractivity contribution is 7.99. The molecule has 7 heteroatoms. The van der Waals surface area contributed by atoms with E-state index >= 15 is 0 Å². The van der Waals surface area contributed by atoms with Crippen molar-refractivity contribution in [1.82, 2.24) is 19.3 Å². The quantitative estimate of drug-likeness (QED) is 0.255. The van der Waals surface area contributed by atoms with Crippen LogP contribution in [0.3, 0.4) is 0 Å². The zero-order valence-electron chi connectivity index (χ0n) is 18.0. The molecule has 4 rings (SSSR count). The minimum Gasteiger partial charge on any atom is -0.361 e. The topological polar surface area (TPSA) is 44.9 Å². The van der Waals surface area contributed by atoms with Gasteiger partial charge in [-0.25, -0.2) is 4.98 Å². The molecule has 5 nitrogen and oxygen atoms in total. The van der Waals surface area contributed by atoms with Crippen LogP contribution >= 0.6 is 11.8 Å². The van der Waals surface area contributed by atoms with Crippen molar-refractivity contribution in [3.63, 3.8) is 0 Å². The fourth-order valence-electron chi connectivity index (χ4n) is 3.26. The first-order valence-corrected chi connectivity index (χ1v) is 14.7. The van der Waals surface area contributed by atoms with E-state index in [1.807, 2.05) is 36.4 Å². The molecule has 0 aliphatic heterocycles. The minimum atomic E-state index is -1.10. The summed E-state index contributed by atoms with van der Waals surface area (Å²) in [6, 6.07) is 13.8. The molecule has 0 radical (unpaired) electrons. The van der Waals surface area contributed by atoms with Gasteiger partial charge < -0.3 is 9.30 Å². The standard InChI is InChI=1S/C23H28N4OSSi/c1-26-15-18(13-25-26)22-16-27(17-28-10-11-30(2,3)4)23-21(22)12-20(14-24-23)29-19-8-6-5-7-9-19/h5-9,12-16H,10-11,17H2,1-4H3. The number of hydrogen-bond donors (Lipinski definition) is 0. The van der Waals surface area contributed by atoms with Crippen LogP contribution in [0.25, 0.3) is 22.2 Å². The van der Waals surface area contributed by atoms with E-state index in [2.05, 4.69) is 65.8 Å². The van der Waals surface area contributed by atoms with Crippen molar-refractivity contribution in [2.75, 3.05) is 6.61 Å². The molecule has 0 aliphatic carbocycles. The zero-order chi connectivity index (χ0) is 21.1. The Kier molecular flexibility index (Phi) is 6.13. The molecule has 0 atom stereocenters. The van der Waals surface area contributed by atoms with Gasteiger partial charge in [-0.05, 0) is 24.2 Å². The Morgan fingerprint density at radius 3 is 2.53 bits per heavy atom. The minimum absolute atomic E-state index is 0.513. The number of nitrogens with zero attached hydrogens (tertiary/aromatic N) is 4. The van der Waals surface area contributed by atoms with Crippen LogP contribution in [-0.2, 0) is 18.5 Å². The zero-order valence-corrected chi connectivity index (χ0v) is 19.8. The molecular weight excluding hydrogens is 408 g/mol. The van der Waals surface area contributed by atoms with Crippen molar-refractivity contribution in [2.45, 2.75) is 42.2 Å². The van der Waals surface area contributed by atoms with Gasteiger partial charge in [0.25, 0.3) is 0 Å². The van der Waals surface area contributed by atoms with Crippen molar-refractivity contribution in [3.05, 3.63) is 61.2 Å². The lowest BCUT2D eigenvalue weighted by Crippen LogP contribution is -2.22. The molecule has 0 saturated carbocycles. The molecule has 0 fully saturated rings. The fourth-order valence-corrected chi connectivity index (χ4v) is 4.87. The number of pyridine rings is 1. The van der Waals surface area contributed by atoms with E-state index in [-0.39, 0.29) is 0 Å². The Hall–Kier alpha value is -2.35. The smallest absolute Gasteiger partial charge is 0.142 e. The molecule has 0 bridgehead atoms. The first-order chi connectivity index (χ1) is 14.4. The summed E-state index contributed by atoms with van der Waals surface area (Å²) in [5.74, 6) is 0. The summed E-state index contributed by atoms with van der Waals surface area (Å²) in [6.45, 7) is 8.42. The Balaban J connectivity index is 1.65. The summed E-state index contributed by atoms with van der Waals surface area (Å²) in [5, 5.41) is 5.48. The van der Waals surface area contributed by atoms with Gasteiger partial charge in [-0.2, -0.15) is 5.10 Å². The van der Waals surface area contributed by atoms with Crippen LogP contribution in [0.2, 0.25) is 25.7 Å². The van der Waals surface area contributed by atoms with Crippen LogP contribution < -0.4 is 0 Å². The van der Waals surface area contributed by atoms with Crippen LogP contribution in [0.4, 0.5) is 0 Å². The van der Waals surface area contributed by atoms with Gasteiger partial charge in [-0.1, -0.05) is 49.6 Å². The van der Waals surface area contributed by atoms with Gasteiger partial charge in [0.2, 0.25) is 0 Å². The number of benzene rings is 1. The van der Waals surface area contributed by atoms with Gasteiger partial charge in [0.05, 0.1) is 6.20 Å². The Morgan fingerprint density at radius 2 is 1.83 bits per heavy atom. The SMILES string of the molecule is Cn1cc(-c2cn(COCC[Si](C)(C)C)c3ncc(Sc4ccccc4)cc23)cn1. The summed E-state index contributed by atoms with van der Waals surface area (Å²) < 4.78 is 9.96. The highest BCUT2D eigenvalue weighted by atomic mass is 32.2. The van der Waals surface area contributed by atoms with Gasteiger partial charge in [-0.15, -0.1) is 0 Å². The first-order valence-electron chi connectivity index (χ1n) is 10.2. The second-order valence-electron chi connectivity index (χ2n) is 8.72. The molecule has 156 valence electrons. The second kappa shape index (κ2) is 8.79. The predicted molar refractivity (Wildman–Crippen MR) is 127 cm³/mol. The average Bonchev–Trinajstić information content (AvgIpc) is 3.29. The second-order valence-corrected chi connectivity index (χ2v) is 15.5. The monoisotopic (exact) mass is 436 g/mol. The highest BCUT2D eigenvalue weighted by Crippen LogP contribution is 2.34. The summed E-state index contributed by atoms with van der Waals surface area (Å²) in [5.41, 5.74) is 3.17. The number of hydrogen-bond acceptors (Lipinski definition) is 4. The maximum atomic E-state index is 6.02. The van der Waals surface area contributed by atoms with Crippen molar-refractivity contribution >= 4 is 30.9 Å². The van der Waals surface area contributed by atoms with Gasteiger partial charge in [0.15, 0.2) is 0 Å². The van der Waals surface area contributed by atoms with E-state index in [4.69, 9.17) is 9.72 Å². The molecule has 30 heavy (non-hydrogen) atoms. The van der Waals surface area contributed by atoms with Crippen LogP contribution in [-0.4, -0.2) is 34.0 Å². The normalized spacial score (nSPS) is 12.0. The van der Waals surface area contributed by atoms with Crippen molar-refractivity contribution in [2.24, 2.45) is 7.05 Å². The molecule has 0 amide bonds. The van der Waals surface area contributed by atoms with Crippen LogP contribution in [0.15, 0.2) is 71.0 Å². The van der Waals surface area contributed by atoms with Gasteiger partial charge >= 0.3 is 0 Å². The first kappa shape index (κ1) is 20.9. The number of ether oxygens (including phenoxy) is 1. The van der Waals surface area contributed by atoms with Crippen molar-refractivity contribution in [1.29, 1.82) is 0 Å². The molecule has 0 saturated heterocycles. The average molecular weight is 437 g/mol. The summed E-state index contributed by atoms with van der Waals surface area (Å²) >= 11 is 1.73. The summed E-state index contributed by atoms with van der Waals surface area (Å²) in [6.07, 6.45) is 8.04. The third kappa shape index (κ3) is 5.03. The Labute approximate surface area is 183 Å². The van der Waals surface area contributed by atoms with Gasteiger partial charge in [-0.3, -0.25) is 4.68 Å². The van der Waals surface area contributed by atoms with E-state index < -0.39 is 8.07 Å². The molecule has 3 heterocycles. The Morgan fingerprint density at radius 1 is 1.03 bits per heavy atom. The summed E-state index contributed by atoms with van der Waals surface area (Å²) in [4.78, 5) is 7.13. The third-order valence-electron chi connectivity index (χ3n) is 4.91. The molecular formula is C23H28N4OSSi. The van der Waals surface area contributed by atoms with Crippen LogP contribution in [0.1, 0.15) is 0 Å². The lowest BCUT2D eigenvalue weighted by Gasteiger charge is -2.15. The fraction of sp³-hybridized carbons (Fsp3) is 0.304. The van der Waals surface area contributed by atoms with Crippen molar-refractivity contribution in [3.8, 4) is 11.1 Å². The number of fused-ring (bicyclic) bond motifs is 1. The van der Waals surface area contributed by atoms with Crippen molar-refractivity contribution < 1.29 is 4.74 Å². The van der Waals surface area contributed by atoms with E-state index in [0.717, 1.165) is 39.7 Å². The largest absolute Gasteiger partial charge is 0.361 e. The van der Waals surface area contributed by atoms with E-state index in [9.17, 15) is 0 Å². The van der Waals surface area contributed by atoms with Crippen LogP contribution in [0, 0.1) is 0 Å². The number of rotatable bonds is 8. The Bertz CT molecular complexity index is 1130. The maximum absolute atomic E-state index is 6.02. The number of aromatic nitrogens is 4. The molecule has 0 N–H and O–H groups in total. The predicted octanol–water partition coefficient (Wildman–Crippen LogP) is 5.90. The van der Waals surface area contributed by atoms with Crippen LogP contribution in [0.5, 0.6) is 0 Å². The third-order valence-corrected chi connectivity index (χ3v) is 7.58. The molecule has 4 aromatic rings. The van der Waals surface area contributed by atoms with Gasteiger partial charge in [0.1, 0.15) is 12.4 Å². The van der Waals surface area contributed by atoms with Gasteiger partial charge in [0, 0.05) is 66.6 Å². The molecule has 1 aromatic carbocycles. The van der Waals surface area contributed by atoms with E-state index in [1.54, 1.807) is 11.8 Å².